The highest BCUT2D eigenvalue weighted by Crippen LogP contribution is 2.35. The molecular formula is C17H26N3O4+. The number of benzene rings is 1. The minimum Gasteiger partial charge on any atom is -0.496 e. The van der Waals surface area contributed by atoms with Crippen molar-refractivity contribution in [3.63, 3.8) is 0 Å². The first-order chi connectivity index (χ1) is 11.6. The van der Waals surface area contributed by atoms with Gasteiger partial charge in [0.25, 0.3) is 5.91 Å². The fraction of sp³-hybridized carbons (Fsp3) is 0.471. The van der Waals surface area contributed by atoms with Gasteiger partial charge in [0, 0.05) is 17.7 Å². The number of hydrazine groups is 1. The van der Waals surface area contributed by atoms with Crippen LogP contribution in [0.1, 0.15) is 5.56 Å². The fourth-order valence-corrected chi connectivity index (χ4v) is 2.54. The van der Waals surface area contributed by atoms with Gasteiger partial charge in [0.1, 0.15) is 5.75 Å². The smallest absolute Gasteiger partial charge is 0.258 e. The summed E-state index contributed by atoms with van der Waals surface area (Å²) in [7, 11) is 6.87. The lowest BCUT2D eigenvalue weighted by Gasteiger charge is -2.29. The van der Waals surface area contributed by atoms with E-state index in [4.69, 9.17) is 14.2 Å². The normalized spacial score (nSPS) is 16.2. The van der Waals surface area contributed by atoms with Crippen LogP contribution in [0.15, 0.2) is 18.2 Å². The number of ether oxygens (including phenoxy) is 3. The van der Waals surface area contributed by atoms with Crippen molar-refractivity contribution in [2.75, 3.05) is 54.6 Å². The number of methoxy groups -OCH3 is 3. The topological polar surface area (TPSA) is 64.5 Å². The van der Waals surface area contributed by atoms with Crippen LogP contribution in [0.25, 0.3) is 6.08 Å². The van der Waals surface area contributed by atoms with Crippen LogP contribution in [0.2, 0.25) is 0 Å². The molecule has 1 aliphatic heterocycles. The van der Waals surface area contributed by atoms with Crippen molar-refractivity contribution in [3.05, 3.63) is 23.8 Å². The Morgan fingerprint density at radius 3 is 2.25 bits per heavy atom. The maximum atomic E-state index is 12.1. The molecule has 7 nitrogen and oxygen atoms in total. The Hall–Kier alpha value is -2.25. The lowest BCUT2D eigenvalue weighted by Crippen LogP contribution is -3.12. The highest BCUT2D eigenvalue weighted by Gasteiger charge is 2.17. The number of amides is 1. The van der Waals surface area contributed by atoms with Gasteiger partial charge in [-0.3, -0.25) is 10.2 Å². The molecule has 0 aliphatic carbocycles. The molecule has 0 radical (unpaired) electrons. The summed E-state index contributed by atoms with van der Waals surface area (Å²) in [4.78, 5) is 13.6. The maximum Gasteiger partial charge on any atom is 0.258 e. The summed E-state index contributed by atoms with van der Waals surface area (Å²) >= 11 is 0. The van der Waals surface area contributed by atoms with Gasteiger partial charge in [0.15, 0.2) is 11.5 Å². The van der Waals surface area contributed by atoms with E-state index in [1.54, 1.807) is 39.5 Å². The van der Waals surface area contributed by atoms with Gasteiger partial charge >= 0.3 is 0 Å². The number of carbonyl (C=O) groups is 1. The van der Waals surface area contributed by atoms with Gasteiger partial charge < -0.3 is 19.1 Å². The van der Waals surface area contributed by atoms with E-state index in [2.05, 4.69) is 12.5 Å². The van der Waals surface area contributed by atoms with E-state index < -0.39 is 0 Å². The maximum absolute atomic E-state index is 12.1. The number of quaternary nitrogens is 1. The molecule has 2 rings (SSSR count). The zero-order valence-corrected chi connectivity index (χ0v) is 14.7. The largest absolute Gasteiger partial charge is 0.496 e. The van der Waals surface area contributed by atoms with Crippen LogP contribution in [-0.4, -0.2) is 65.5 Å². The van der Waals surface area contributed by atoms with Crippen molar-refractivity contribution in [2.45, 2.75) is 0 Å². The zero-order valence-electron chi connectivity index (χ0n) is 14.7. The summed E-state index contributed by atoms with van der Waals surface area (Å²) in [5.41, 5.74) is 3.64. The Labute approximate surface area is 142 Å². The Balaban J connectivity index is 2.05. The van der Waals surface area contributed by atoms with E-state index in [-0.39, 0.29) is 5.91 Å². The summed E-state index contributed by atoms with van der Waals surface area (Å²) in [5, 5.41) is 1.95. The Kier molecular flexibility index (Phi) is 6.45. The van der Waals surface area contributed by atoms with Gasteiger partial charge in [-0.05, 0) is 12.1 Å². The van der Waals surface area contributed by atoms with Gasteiger partial charge in [-0.25, -0.2) is 5.01 Å². The molecule has 1 aromatic carbocycles. The standard InChI is InChI=1S/C17H25N3O4/c1-19-7-9-20(10-8-19)18-17(21)6-5-13-11-15(23-3)16(24-4)12-14(13)22-2/h5-6,11-12H,7-10H2,1-4H3,(H,18,21)/p+1/b6-5+. The summed E-state index contributed by atoms with van der Waals surface area (Å²) < 4.78 is 15.9. The molecule has 1 fully saturated rings. The van der Waals surface area contributed by atoms with E-state index in [1.165, 1.54) is 11.0 Å². The Morgan fingerprint density at radius 1 is 1.08 bits per heavy atom. The zero-order chi connectivity index (χ0) is 17.5. The average molecular weight is 336 g/mol. The molecule has 1 aliphatic rings. The number of nitrogens with zero attached hydrogens (tertiary/aromatic N) is 1. The van der Waals surface area contributed by atoms with Crippen LogP contribution in [0.3, 0.4) is 0 Å². The second kappa shape index (κ2) is 8.56. The first-order valence-corrected chi connectivity index (χ1v) is 7.92. The molecule has 0 spiro atoms. The number of likely N-dealkylation sites (N-methyl/N-ethyl adjacent to an activating group) is 1. The highest BCUT2D eigenvalue weighted by atomic mass is 16.5. The first-order valence-electron chi connectivity index (χ1n) is 7.92. The number of rotatable bonds is 6. The number of hydrogen-bond donors (Lipinski definition) is 2. The second-order valence-corrected chi connectivity index (χ2v) is 5.70. The first kappa shape index (κ1) is 18.1. The van der Waals surface area contributed by atoms with E-state index in [1.807, 2.05) is 5.01 Å². The monoisotopic (exact) mass is 336 g/mol. The quantitative estimate of drug-likeness (QED) is 0.692. The van der Waals surface area contributed by atoms with Crippen LogP contribution in [0.5, 0.6) is 17.2 Å². The Morgan fingerprint density at radius 2 is 1.67 bits per heavy atom. The van der Waals surface area contributed by atoms with Crippen molar-refractivity contribution in [2.24, 2.45) is 0 Å². The van der Waals surface area contributed by atoms with E-state index in [9.17, 15) is 4.79 Å². The highest BCUT2D eigenvalue weighted by molar-refractivity contribution is 5.92. The van der Waals surface area contributed by atoms with Gasteiger partial charge in [-0.2, -0.15) is 0 Å². The molecule has 24 heavy (non-hydrogen) atoms. The summed E-state index contributed by atoms with van der Waals surface area (Å²) in [6, 6.07) is 3.51. The molecule has 1 aromatic rings. The summed E-state index contributed by atoms with van der Waals surface area (Å²) in [5.74, 6) is 1.61. The molecule has 0 aromatic heterocycles. The summed E-state index contributed by atoms with van der Waals surface area (Å²) in [6.45, 7) is 3.75. The average Bonchev–Trinajstić information content (AvgIpc) is 2.61. The van der Waals surface area contributed by atoms with Crippen molar-refractivity contribution in [3.8, 4) is 17.2 Å². The predicted molar refractivity (Wildman–Crippen MR) is 91.5 cm³/mol. The molecule has 0 saturated carbocycles. The molecule has 1 saturated heterocycles. The van der Waals surface area contributed by atoms with Crippen LogP contribution in [-0.2, 0) is 4.79 Å². The molecule has 0 unspecified atom stereocenters. The van der Waals surface area contributed by atoms with Crippen LogP contribution < -0.4 is 24.5 Å². The van der Waals surface area contributed by atoms with Crippen molar-refractivity contribution >= 4 is 12.0 Å². The third-order valence-electron chi connectivity index (χ3n) is 4.04. The lowest BCUT2D eigenvalue weighted by atomic mass is 10.1. The Bertz CT molecular complexity index is 596. The van der Waals surface area contributed by atoms with E-state index >= 15 is 0 Å². The number of hydrogen-bond acceptors (Lipinski definition) is 5. The third kappa shape index (κ3) is 4.62. The summed E-state index contributed by atoms with van der Waals surface area (Å²) in [6.07, 6.45) is 3.20. The molecule has 2 N–H and O–H groups in total. The van der Waals surface area contributed by atoms with Crippen LogP contribution in [0.4, 0.5) is 0 Å². The van der Waals surface area contributed by atoms with E-state index in [0.717, 1.165) is 31.7 Å². The number of piperazine rings is 1. The predicted octanol–water partition coefficient (Wildman–Crippen LogP) is -0.413. The minimum atomic E-state index is -0.161. The number of carbonyl (C=O) groups excluding carboxylic acids is 1. The number of nitrogens with one attached hydrogen (secondary N) is 2. The van der Waals surface area contributed by atoms with Gasteiger partial charge in [0.05, 0.1) is 54.6 Å². The molecule has 1 amide bonds. The van der Waals surface area contributed by atoms with Crippen LogP contribution >= 0.6 is 0 Å². The molecule has 0 atom stereocenters. The van der Waals surface area contributed by atoms with Crippen molar-refractivity contribution in [1.29, 1.82) is 0 Å². The van der Waals surface area contributed by atoms with Gasteiger partial charge in [-0.1, -0.05) is 0 Å². The van der Waals surface area contributed by atoms with Crippen LogP contribution in [0, 0.1) is 0 Å². The minimum absolute atomic E-state index is 0.161. The lowest BCUT2D eigenvalue weighted by molar-refractivity contribution is -0.884. The van der Waals surface area contributed by atoms with Crippen molar-refractivity contribution < 1.29 is 23.9 Å². The SMILES string of the molecule is COc1cc(OC)c(OC)cc1/C=C/C(=O)NN1CC[NH+](C)CC1. The third-order valence-corrected chi connectivity index (χ3v) is 4.04. The molecular weight excluding hydrogens is 310 g/mol. The van der Waals surface area contributed by atoms with Gasteiger partial charge in [0.2, 0.25) is 0 Å². The molecule has 1 heterocycles. The second-order valence-electron chi connectivity index (χ2n) is 5.70. The molecule has 132 valence electrons. The molecule has 7 heteroatoms. The van der Waals surface area contributed by atoms with E-state index in [0.29, 0.717) is 17.2 Å². The molecule has 0 bridgehead atoms. The van der Waals surface area contributed by atoms with Gasteiger partial charge in [-0.15, -0.1) is 0 Å². The van der Waals surface area contributed by atoms with Crippen molar-refractivity contribution in [1.82, 2.24) is 10.4 Å². The fourth-order valence-electron chi connectivity index (χ4n) is 2.54.